The van der Waals surface area contributed by atoms with Crippen molar-refractivity contribution in [3.8, 4) is 0 Å². The molecule has 114 valence electrons. The molecule has 1 amide bonds. The van der Waals surface area contributed by atoms with E-state index in [2.05, 4.69) is 0 Å². The van der Waals surface area contributed by atoms with Crippen LogP contribution in [0.15, 0.2) is 42.5 Å². The van der Waals surface area contributed by atoms with Crippen molar-refractivity contribution in [2.75, 3.05) is 4.90 Å². The lowest BCUT2D eigenvalue weighted by Gasteiger charge is -2.16. The molecule has 0 spiro atoms. The Bertz CT molecular complexity index is 728. The van der Waals surface area contributed by atoms with Gasteiger partial charge in [0.05, 0.1) is 12.1 Å². The Balaban J connectivity index is 2.12. The number of hydrogen-bond donors (Lipinski definition) is 0. The number of anilines is 1. The first-order valence-electron chi connectivity index (χ1n) is 6.57. The average Bonchev–Trinajstić information content (AvgIpc) is 2.83. The van der Waals surface area contributed by atoms with E-state index in [0.29, 0.717) is 5.69 Å². The normalized spacial score (nSPS) is 14.4. The minimum Gasteiger partial charge on any atom is -0.304 e. The minimum absolute atomic E-state index is 0.00946. The Morgan fingerprint density at radius 1 is 1.14 bits per heavy atom. The van der Waals surface area contributed by atoms with Crippen molar-refractivity contribution in [3.05, 3.63) is 64.7 Å². The van der Waals surface area contributed by atoms with E-state index in [9.17, 15) is 18.0 Å². The molecule has 0 radical (unpaired) electrons. The van der Waals surface area contributed by atoms with Crippen LogP contribution in [0.1, 0.15) is 27.0 Å². The highest BCUT2D eigenvalue weighted by atomic mass is 35.5. The molecule has 3 rings (SSSR count). The van der Waals surface area contributed by atoms with Gasteiger partial charge in [0.2, 0.25) is 0 Å². The zero-order valence-corrected chi connectivity index (χ0v) is 12.1. The molecular formula is C16H11ClF3NO. The van der Waals surface area contributed by atoms with Crippen molar-refractivity contribution < 1.29 is 18.0 Å². The standard InChI is InChI=1S/C16H11ClF3NO/c17-8-10-6-12-13(14(7-10)16(18,19)20)9-21(15(12)22)11-4-2-1-3-5-11/h1-7H,8-9H2. The summed E-state index contributed by atoms with van der Waals surface area (Å²) in [4.78, 5) is 13.8. The van der Waals surface area contributed by atoms with Gasteiger partial charge in [-0.25, -0.2) is 0 Å². The Morgan fingerprint density at radius 3 is 2.41 bits per heavy atom. The van der Waals surface area contributed by atoms with Crippen molar-refractivity contribution in [1.29, 1.82) is 0 Å². The van der Waals surface area contributed by atoms with E-state index in [1.165, 1.54) is 11.0 Å². The molecule has 0 aromatic heterocycles. The summed E-state index contributed by atoms with van der Waals surface area (Å²) in [6, 6.07) is 11.1. The molecule has 6 heteroatoms. The second-order valence-corrected chi connectivity index (χ2v) is 5.29. The van der Waals surface area contributed by atoms with Gasteiger partial charge in [-0.1, -0.05) is 18.2 Å². The maximum atomic E-state index is 13.2. The molecule has 1 aliphatic heterocycles. The summed E-state index contributed by atoms with van der Waals surface area (Å²) in [5.41, 5.74) is 0.164. The first-order valence-corrected chi connectivity index (χ1v) is 7.11. The number of halogens is 4. The molecule has 2 aromatic carbocycles. The van der Waals surface area contributed by atoms with Crippen LogP contribution in [-0.4, -0.2) is 5.91 Å². The molecule has 22 heavy (non-hydrogen) atoms. The van der Waals surface area contributed by atoms with Crippen LogP contribution in [0, 0.1) is 0 Å². The molecule has 0 N–H and O–H groups in total. The van der Waals surface area contributed by atoms with Crippen LogP contribution in [0.3, 0.4) is 0 Å². The summed E-state index contributed by atoms with van der Waals surface area (Å²) in [7, 11) is 0. The Morgan fingerprint density at radius 2 is 1.82 bits per heavy atom. The van der Waals surface area contributed by atoms with Crippen molar-refractivity contribution in [2.45, 2.75) is 18.6 Å². The molecule has 0 aliphatic carbocycles. The lowest BCUT2D eigenvalue weighted by molar-refractivity contribution is -0.138. The van der Waals surface area contributed by atoms with Crippen molar-refractivity contribution >= 4 is 23.2 Å². The van der Waals surface area contributed by atoms with Crippen molar-refractivity contribution in [1.82, 2.24) is 0 Å². The van der Waals surface area contributed by atoms with Crippen LogP contribution < -0.4 is 4.90 Å². The Hall–Kier alpha value is -2.01. The quantitative estimate of drug-likeness (QED) is 0.739. The highest BCUT2D eigenvalue weighted by Gasteiger charge is 2.40. The molecule has 0 fully saturated rings. The van der Waals surface area contributed by atoms with Gasteiger partial charge in [0.1, 0.15) is 0 Å². The molecule has 0 atom stereocenters. The number of benzene rings is 2. The lowest BCUT2D eigenvalue weighted by Crippen LogP contribution is -2.22. The van der Waals surface area contributed by atoms with E-state index in [-0.39, 0.29) is 29.1 Å². The predicted octanol–water partition coefficient (Wildman–Crippen LogP) is 4.60. The number of hydrogen-bond acceptors (Lipinski definition) is 1. The van der Waals surface area contributed by atoms with Gasteiger partial charge in [0.25, 0.3) is 5.91 Å². The maximum absolute atomic E-state index is 13.2. The second kappa shape index (κ2) is 5.32. The van der Waals surface area contributed by atoms with Crippen molar-refractivity contribution in [2.24, 2.45) is 0 Å². The molecule has 0 saturated carbocycles. The minimum atomic E-state index is -4.51. The number of amides is 1. The third-order valence-electron chi connectivity index (χ3n) is 3.63. The molecule has 1 heterocycles. The summed E-state index contributed by atoms with van der Waals surface area (Å²) in [6.07, 6.45) is -4.51. The van der Waals surface area contributed by atoms with Crippen LogP contribution >= 0.6 is 11.6 Å². The highest BCUT2D eigenvalue weighted by Crippen LogP contribution is 2.39. The fourth-order valence-corrected chi connectivity index (χ4v) is 2.77. The van der Waals surface area contributed by atoms with Crippen LogP contribution in [-0.2, 0) is 18.6 Å². The first-order chi connectivity index (χ1) is 10.4. The zero-order chi connectivity index (χ0) is 15.9. The maximum Gasteiger partial charge on any atom is 0.416 e. The third-order valence-corrected chi connectivity index (χ3v) is 3.94. The van der Waals surface area contributed by atoms with E-state index in [0.717, 1.165) is 6.07 Å². The average molecular weight is 326 g/mol. The number of carbonyl (C=O) groups is 1. The fraction of sp³-hybridized carbons (Fsp3) is 0.188. The van der Waals surface area contributed by atoms with Gasteiger partial charge in [0.15, 0.2) is 0 Å². The molecule has 0 bridgehead atoms. The summed E-state index contributed by atoms with van der Waals surface area (Å²) >= 11 is 5.66. The molecule has 1 aliphatic rings. The van der Waals surface area contributed by atoms with E-state index < -0.39 is 17.6 Å². The Labute approximate surface area is 130 Å². The van der Waals surface area contributed by atoms with Gasteiger partial charge in [-0.3, -0.25) is 4.79 Å². The summed E-state index contributed by atoms with van der Waals surface area (Å²) in [5, 5.41) is 0. The topological polar surface area (TPSA) is 20.3 Å². The fourth-order valence-electron chi connectivity index (χ4n) is 2.61. The number of fused-ring (bicyclic) bond motifs is 1. The molecule has 2 nitrogen and oxygen atoms in total. The zero-order valence-electron chi connectivity index (χ0n) is 11.3. The van der Waals surface area contributed by atoms with Crippen LogP contribution in [0.5, 0.6) is 0 Å². The second-order valence-electron chi connectivity index (χ2n) is 5.03. The molecule has 2 aromatic rings. The van der Waals surface area contributed by atoms with Crippen LogP contribution in [0.4, 0.5) is 18.9 Å². The lowest BCUT2D eigenvalue weighted by atomic mass is 9.99. The van der Waals surface area contributed by atoms with E-state index in [1.54, 1.807) is 30.3 Å². The third kappa shape index (κ3) is 2.46. The highest BCUT2D eigenvalue weighted by molar-refractivity contribution is 6.17. The van der Waals surface area contributed by atoms with Gasteiger partial charge in [-0.2, -0.15) is 13.2 Å². The van der Waals surface area contributed by atoms with Crippen LogP contribution in [0.2, 0.25) is 0 Å². The van der Waals surface area contributed by atoms with E-state index in [4.69, 9.17) is 11.6 Å². The van der Waals surface area contributed by atoms with Gasteiger partial charge in [0, 0.05) is 17.1 Å². The van der Waals surface area contributed by atoms with E-state index >= 15 is 0 Å². The summed E-state index contributed by atoms with van der Waals surface area (Å²) < 4.78 is 39.7. The number of alkyl halides is 4. The number of nitrogens with zero attached hydrogens (tertiary/aromatic N) is 1. The van der Waals surface area contributed by atoms with Crippen molar-refractivity contribution in [3.63, 3.8) is 0 Å². The van der Waals surface area contributed by atoms with Crippen LogP contribution in [0.25, 0.3) is 0 Å². The van der Waals surface area contributed by atoms with Gasteiger partial charge >= 0.3 is 6.18 Å². The summed E-state index contributed by atoms with van der Waals surface area (Å²) in [5.74, 6) is -0.506. The largest absolute Gasteiger partial charge is 0.416 e. The molecule has 0 saturated heterocycles. The number of para-hydroxylation sites is 1. The number of rotatable bonds is 2. The number of carbonyl (C=O) groups excluding carboxylic acids is 1. The first kappa shape index (κ1) is 14.9. The predicted molar refractivity (Wildman–Crippen MR) is 78.0 cm³/mol. The van der Waals surface area contributed by atoms with Gasteiger partial charge in [-0.05, 0) is 35.4 Å². The smallest absolute Gasteiger partial charge is 0.304 e. The van der Waals surface area contributed by atoms with E-state index in [1.807, 2.05) is 0 Å². The SMILES string of the molecule is O=C1c2cc(CCl)cc(C(F)(F)F)c2CN1c1ccccc1. The monoisotopic (exact) mass is 325 g/mol. The summed E-state index contributed by atoms with van der Waals surface area (Å²) in [6.45, 7) is -0.0877. The molecule has 0 unspecified atom stereocenters. The Kier molecular flexibility index (Phi) is 3.60. The molecular weight excluding hydrogens is 315 g/mol. The van der Waals surface area contributed by atoms with Gasteiger partial charge < -0.3 is 4.90 Å². The van der Waals surface area contributed by atoms with Gasteiger partial charge in [-0.15, -0.1) is 11.6 Å².